The lowest BCUT2D eigenvalue weighted by Gasteiger charge is -2.24. The first kappa shape index (κ1) is 17.6. The van der Waals surface area contributed by atoms with Crippen molar-refractivity contribution in [2.45, 2.75) is 39.0 Å². The zero-order valence-electron chi connectivity index (χ0n) is 14.7. The average Bonchev–Trinajstić information content (AvgIpc) is 3.26. The van der Waals surface area contributed by atoms with Crippen molar-refractivity contribution in [2.24, 2.45) is 0 Å². The van der Waals surface area contributed by atoms with Crippen LogP contribution in [0.4, 0.5) is 0 Å². The molecule has 132 valence electrons. The molecular weight excluding hydrogens is 314 g/mol. The summed E-state index contributed by atoms with van der Waals surface area (Å²) in [7, 11) is 0. The molecule has 2 heterocycles. The van der Waals surface area contributed by atoms with Gasteiger partial charge in [0.15, 0.2) is 0 Å². The van der Waals surface area contributed by atoms with Crippen molar-refractivity contribution in [3.05, 3.63) is 53.5 Å². The molecule has 1 aliphatic rings. The highest BCUT2D eigenvalue weighted by molar-refractivity contribution is 5.27. The Balaban J connectivity index is 1.64. The highest BCUT2D eigenvalue weighted by atomic mass is 16.5. The van der Waals surface area contributed by atoms with Crippen molar-refractivity contribution < 1.29 is 13.9 Å². The van der Waals surface area contributed by atoms with Gasteiger partial charge in [0.25, 0.3) is 0 Å². The first-order valence-electron chi connectivity index (χ1n) is 8.77. The summed E-state index contributed by atoms with van der Waals surface area (Å²) in [5.41, 5.74) is 1.23. The minimum Gasteiger partial charge on any atom is -0.481 e. The van der Waals surface area contributed by atoms with Crippen LogP contribution in [-0.2, 0) is 17.8 Å². The van der Waals surface area contributed by atoms with E-state index in [1.165, 1.54) is 5.56 Å². The Morgan fingerprint density at radius 3 is 2.68 bits per heavy atom. The van der Waals surface area contributed by atoms with Gasteiger partial charge in [-0.05, 0) is 49.6 Å². The second-order valence-electron chi connectivity index (χ2n) is 6.45. The maximum Gasteiger partial charge on any atom is 0.148 e. The number of ether oxygens (including phenoxy) is 2. The van der Waals surface area contributed by atoms with Gasteiger partial charge < -0.3 is 13.9 Å². The third-order valence-electron chi connectivity index (χ3n) is 4.31. The predicted molar refractivity (Wildman–Crippen MR) is 97.3 cm³/mol. The van der Waals surface area contributed by atoms with E-state index < -0.39 is 0 Å². The third kappa shape index (κ3) is 5.38. The van der Waals surface area contributed by atoms with Gasteiger partial charge in [-0.1, -0.05) is 18.1 Å². The van der Waals surface area contributed by atoms with Crippen LogP contribution in [-0.4, -0.2) is 30.8 Å². The van der Waals surface area contributed by atoms with Gasteiger partial charge in [0.2, 0.25) is 0 Å². The lowest BCUT2D eigenvalue weighted by molar-refractivity contribution is 0.0654. The van der Waals surface area contributed by atoms with Gasteiger partial charge in [-0.25, -0.2) is 0 Å². The SMILES string of the molecule is C#CCOc1ccc(CN(Cc2ccc(C)o2)C[C@@H]2CCCO2)cc1. The zero-order valence-corrected chi connectivity index (χ0v) is 14.7. The lowest BCUT2D eigenvalue weighted by Crippen LogP contribution is -2.31. The fourth-order valence-corrected chi connectivity index (χ4v) is 3.13. The molecule has 0 bridgehead atoms. The van der Waals surface area contributed by atoms with Crippen LogP contribution in [0.25, 0.3) is 0 Å². The molecule has 1 saturated heterocycles. The Morgan fingerprint density at radius 2 is 2.04 bits per heavy atom. The van der Waals surface area contributed by atoms with E-state index in [1.807, 2.05) is 25.1 Å². The number of nitrogens with zero attached hydrogens (tertiary/aromatic N) is 1. The third-order valence-corrected chi connectivity index (χ3v) is 4.31. The lowest BCUT2D eigenvalue weighted by atomic mass is 10.1. The fourth-order valence-electron chi connectivity index (χ4n) is 3.13. The number of rotatable bonds is 8. The molecule has 3 rings (SSSR count). The summed E-state index contributed by atoms with van der Waals surface area (Å²) in [6.07, 6.45) is 7.82. The van der Waals surface area contributed by atoms with Crippen molar-refractivity contribution in [1.82, 2.24) is 4.90 Å². The van der Waals surface area contributed by atoms with Gasteiger partial charge in [-0.15, -0.1) is 6.42 Å². The molecule has 2 aromatic rings. The predicted octanol–water partition coefficient (Wildman–Crippen LogP) is 3.78. The second kappa shape index (κ2) is 8.75. The maximum atomic E-state index is 5.82. The molecule has 0 amide bonds. The molecule has 4 nitrogen and oxygen atoms in total. The van der Waals surface area contributed by atoms with E-state index >= 15 is 0 Å². The summed E-state index contributed by atoms with van der Waals surface area (Å²) in [4.78, 5) is 2.38. The van der Waals surface area contributed by atoms with Crippen LogP contribution in [0.1, 0.15) is 29.9 Å². The molecule has 0 spiro atoms. The van der Waals surface area contributed by atoms with Gasteiger partial charge in [0.1, 0.15) is 23.9 Å². The monoisotopic (exact) mass is 339 g/mol. The van der Waals surface area contributed by atoms with Gasteiger partial charge in [0, 0.05) is 19.7 Å². The number of terminal acetylenes is 1. The summed E-state index contributed by atoms with van der Waals surface area (Å²) < 4.78 is 17.0. The summed E-state index contributed by atoms with van der Waals surface area (Å²) in [6.45, 7) is 5.68. The van der Waals surface area contributed by atoms with Gasteiger partial charge in [-0.2, -0.15) is 0 Å². The minimum atomic E-state index is 0.294. The highest BCUT2D eigenvalue weighted by Gasteiger charge is 2.20. The van der Waals surface area contributed by atoms with E-state index in [1.54, 1.807) is 0 Å². The van der Waals surface area contributed by atoms with Crippen LogP contribution >= 0.6 is 0 Å². The van der Waals surface area contributed by atoms with E-state index in [0.717, 1.165) is 56.4 Å². The van der Waals surface area contributed by atoms with Crippen LogP contribution in [0.2, 0.25) is 0 Å². The smallest absolute Gasteiger partial charge is 0.148 e. The molecule has 1 atom stereocenters. The van der Waals surface area contributed by atoms with Crippen molar-refractivity contribution in [2.75, 3.05) is 19.8 Å². The highest BCUT2D eigenvalue weighted by Crippen LogP contribution is 2.19. The van der Waals surface area contributed by atoms with Crippen LogP contribution < -0.4 is 4.74 Å². The Labute approximate surface area is 149 Å². The largest absolute Gasteiger partial charge is 0.481 e. The molecule has 4 heteroatoms. The standard InChI is InChI=1S/C21H25NO3/c1-3-12-23-19-10-7-18(8-11-19)14-22(15-20-5-4-13-24-20)16-21-9-6-17(2)25-21/h1,6-11,20H,4-5,12-16H2,2H3/t20-/m0/s1. The maximum absolute atomic E-state index is 5.82. The van der Waals surface area contributed by atoms with E-state index in [0.29, 0.717) is 12.7 Å². The molecule has 0 unspecified atom stereocenters. The quantitative estimate of drug-likeness (QED) is 0.686. The number of hydrogen-bond acceptors (Lipinski definition) is 4. The van der Waals surface area contributed by atoms with Crippen LogP contribution in [0, 0.1) is 19.3 Å². The first-order chi connectivity index (χ1) is 12.2. The van der Waals surface area contributed by atoms with Crippen LogP contribution in [0.15, 0.2) is 40.8 Å². The van der Waals surface area contributed by atoms with E-state index in [-0.39, 0.29) is 0 Å². The van der Waals surface area contributed by atoms with Crippen LogP contribution in [0.3, 0.4) is 0 Å². The van der Waals surface area contributed by atoms with E-state index in [9.17, 15) is 0 Å². The van der Waals surface area contributed by atoms with Gasteiger partial charge in [0.05, 0.1) is 12.6 Å². The van der Waals surface area contributed by atoms with Crippen molar-refractivity contribution >= 4 is 0 Å². The fraction of sp³-hybridized carbons (Fsp3) is 0.429. The van der Waals surface area contributed by atoms with E-state index in [2.05, 4.69) is 29.0 Å². The number of aryl methyl sites for hydroxylation is 1. The summed E-state index contributed by atoms with van der Waals surface area (Å²) in [5.74, 6) is 5.21. The summed E-state index contributed by atoms with van der Waals surface area (Å²) in [6, 6.07) is 12.2. The average molecular weight is 339 g/mol. The van der Waals surface area contributed by atoms with Crippen molar-refractivity contribution in [3.8, 4) is 18.1 Å². The molecule has 1 aliphatic heterocycles. The topological polar surface area (TPSA) is 34.8 Å². The Bertz CT molecular complexity index is 693. The van der Waals surface area contributed by atoms with Crippen molar-refractivity contribution in [1.29, 1.82) is 0 Å². The number of hydrogen-bond donors (Lipinski definition) is 0. The molecular formula is C21H25NO3. The molecule has 0 N–H and O–H groups in total. The molecule has 1 aromatic heterocycles. The summed E-state index contributed by atoms with van der Waals surface area (Å²) >= 11 is 0. The Morgan fingerprint density at radius 1 is 1.20 bits per heavy atom. The minimum absolute atomic E-state index is 0.294. The molecule has 25 heavy (non-hydrogen) atoms. The van der Waals surface area contributed by atoms with Crippen molar-refractivity contribution in [3.63, 3.8) is 0 Å². The number of benzene rings is 1. The van der Waals surface area contributed by atoms with Crippen LogP contribution in [0.5, 0.6) is 5.75 Å². The normalized spacial score (nSPS) is 16.9. The first-order valence-corrected chi connectivity index (χ1v) is 8.77. The molecule has 0 aliphatic carbocycles. The van der Waals surface area contributed by atoms with Gasteiger partial charge >= 0.3 is 0 Å². The number of furan rings is 1. The molecule has 0 saturated carbocycles. The molecule has 1 aromatic carbocycles. The Hall–Kier alpha value is -2.22. The molecule has 1 fully saturated rings. The molecule has 0 radical (unpaired) electrons. The second-order valence-corrected chi connectivity index (χ2v) is 6.45. The summed E-state index contributed by atoms with van der Waals surface area (Å²) in [5, 5.41) is 0. The Kier molecular flexibility index (Phi) is 6.16. The van der Waals surface area contributed by atoms with Gasteiger partial charge in [-0.3, -0.25) is 4.90 Å². The zero-order chi connectivity index (χ0) is 17.5. The van der Waals surface area contributed by atoms with E-state index in [4.69, 9.17) is 20.3 Å².